The fourth-order valence-electron chi connectivity index (χ4n) is 4.54. The summed E-state index contributed by atoms with van der Waals surface area (Å²) in [6.07, 6.45) is 5.63. The summed E-state index contributed by atoms with van der Waals surface area (Å²) in [5.41, 5.74) is 9.77. The molecule has 0 aliphatic heterocycles. The first-order valence-electron chi connectivity index (χ1n) is 10.4. The van der Waals surface area contributed by atoms with Crippen molar-refractivity contribution in [2.24, 2.45) is 5.92 Å². The smallest absolute Gasteiger partial charge is 0.216 e. The lowest BCUT2D eigenvalue weighted by atomic mass is 9.81. The Morgan fingerprint density at radius 3 is 2.83 bits per heavy atom. The molecular weight excluding hydrogens is 378 g/mol. The van der Waals surface area contributed by atoms with E-state index in [-0.39, 0.29) is 5.91 Å². The molecule has 1 aromatic carbocycles. The van der Waals surface area contributed by atoms with Gasteiger partial charge in [0.05, 0.1) is 5.69 Å². The van der Waals surface area contributed by atoms with E-state index in [1.165, 1.54) is 6.33 Å². The van der Waals surface area contributed by atoms with Crippen LogP contribution in [0.25, 0.3) is 27.8 Å². The van der Waals surface area contributed by atoms with Crippen molar-refractivity contribution in [3.05, 3.63) is 42.5 Å². The lowest BCUT2D eigenvalue weighted by Crippen LogP contribution is -2.29. The number of carbonyl (C=O) groups is 1. The number of para-hydroxylation sites is 1. The fourth-order valence-corrected chi connectivity index (χ4v) is 4.54. The predicted octanol–water partition coefficient (Wildman–Crippen LogP) is 3.26. The summed E-state index contributed by atoms with van der Waals surface area (Å²) in [5.74, 6) is 2.22. The van der Waals surface area contributed by atoms with E-state index >= 15 is 0 Å². The Kier molecular flexibility index (Phi) is 4.61. The zero-order chi connectivity index (χ0) is 20.7. The minimum atomic E-state index is 0.0338. The van der Waals surface area contributed by atoms with E-state index in [1.54, 1.807) is 6.92 Å². The monoisotopic (exact) mass is 403 g/mol. The van der Waals surface area contributed by atoms with Gasteiger partial charge in [-0.25, -0.2) is 14.5 Å². The van der Waals surface area contributed by atoms with Crippen molar-refractivity contribution < 1.29 is 4.79 Å². The molecule has 4 aromatic rings. The highest BCUT2D eigenvalue weighted by atomic mass is 16.1. The average molecular weight is 403 g/mol. The molecule has 0 bridgehead atoms. The third-order valence-electron chi connectivity index (χ3n) is 6.12. The van der Waals surface area contributed by atoms with Crippen molar-refractivity contribution >= 4 is 28.1 Å². The molecule has 0 atom stereocenters. The van der Waals surface area contributed by atoms with E-state index in [2.05, 4.69) is 32.5 Å². The largest absolute Gasteiger partial charge is 0.382 e. The summed E-state index contributed by atoms with van der Waals surface area (Å²) < 4.78 is 1.86. The number of hydrogen-bond acceptors (Lipinski definition) is 5. The maximum absolute atomic E-state index is 11.2. The standard InChI is InChI=1S/C22H25N7O/c1-13(30)24-11-14-6-8-15(9-7-14)22-28-19(20-21(23)25-12-26-29(20)22)18-10-16-4-2-3-5-17(16)27-18/h2-5,10,12,14-15,27H,6-9,11H2,1H3,(H,24,30)(H2,23,25,26)/t14-,15-. The SMILES string of the molecule is CC(=O)NC[C@H]1CC[C@H](c2nc(-c3cc4ccccc4[nH]3)c3c(N)ncnn32)CC1. The predicted molar refractivity (Wildman–Crippen MR) is 116 cm³/mol. The zero-order valence-corrected chi connectivity index (χ0v) is 16.9. The van der Waals surface area contributed by atoms with E-state index in [0.29, 0.717) is 17.7 Å². The Hall–Kier alpha value is -3.42. The molecule has 0 radical (unpaired) electrons. The van der Waals surface area contributed by atoms with Crippen molar-refractivity contribution in [1.29, 1.82) is 0 Å². The molecule has 3 heterocycles. The van der Waals surface area contributed by atoms with Crippen molar-refractivity contribution in [2.45, 2.75) is 38.5 Å². The molecule has 0 spiro atoms. The van der Waals surface area contributed by atoms with Gasteiger partial charge < -0.3 is 16.0 Å². The minimum absolute atomic E-state index is 0.0338. The number of fused-ring (bicyclic) bond motifs is 2. The number of H-pyrrole nitrogens is 1. The number of nitrogen functional groups attached to an aromatic ring is 1. The van der Waals surface area contributed by atoms with Crippen molar-refractivity contribution in [1.82, 2.24) is 29.9 Å². The molecule has 154 valence electrons. The highest BCUT2D eigenvalue weighted by Crippen LogP contribution is 2.38. The Balaban J connectivity index is 1.50. The van der Waals surface area contributed by atoms with Gasteiger partial charge in [0.2, 0.25) is 5.91 Å². The second-order valence-electron chi connectivity index (χ2n) is 8.15. The summed E-state index contributed by atoms with van der Waals surface area (Å²) in [4.78, 5) is 23.9. The van der Waals surface area contributed by atoms with Crippen LogP contribution in [-0.2, 0) is 4.79 Å². The van der Waals surface area contributed by atoms with Crippen LogP contribution in [-0.4, -0.2) is 37.0 Å². The van der Waals surface area contributed by atoms with Crippen LogP contribution in [0.2, 0.25) is 0 Å². The molecule has 1 saturated carbocycles. The Morgan fingerprint density at radius 1 is 1.27 bits per heavy atom. The second kappa shape index (κ2) is 7.44. The summed E-state index contributed by atoms with van der Waals surface area (Å²) >= 11 is 0. The number of aromatic nitrogens is 5. The van der Waals surface area contributed by atoms with Gasteiger partial charge in [0.25, 0.3) is 0 Å². The number of anilines is 1. The Morgan fingerprint density at radius 2 is 2.07 bits per heavy atom. The van der Waals surface area contributed by atoms with Gasteiger partial charge in [0.15, 0.2) is 5.82 Å². The summed E-state index contributed by atoms with van der Waals surface area (Å²) in [5, 5.41) is 8.56. The second-order valence-corrected chi connectivity index (χ2v) is 8.15. The summed E-state index contributed by atoms with van der Waals surface area (Å²) in [6.45, 7) is 2.32. The maximum Gasteiger partial charge on any atom is 0.216 e. The van der Waals surface area contributed by atoms with Gasteiger partial charge in [-0.15, -0.1) is 0 Å². The number of hydrogen-bond donors (Lipinski definition) is 3. The number of nitrogens with one attached hydrogen (secondary N) is 2. The summed E-state index contributed by atoms with van der Waals surface area (Å²) in [7, 11) is 0. The van der Waals surface area contributed by atoms with Crippen LogP contribution in [0.4, 0.5) is 5.82 Å². The highest BCUT2D eigenvalue weighted by Gasteiger charge is 2.28. The molecule has 0 saturated heterocycles. The normalized spacial score (nSPS) is 19.4. The Bertz CT molecular complexity index is 1180. The van der Waals surface area contributed by atoms with Crippen LogP contribution < -0.4 is 11.1 Å². The number of rotatable bonds is 4. The molecule has 0 unspecified atom stereocenters. The van der Waals surface area contributed by atoms with Gasteiger partial charge in [-0.05, 0) is 43.7 Å². The number of amides is 1. The van der Waals surface area contributed by atoms with Gasteiger partial charge in [0, 0.05) is 30.3 Å². The number of imidazole rings is 1. The molecule has 1 fully saturated rings. The van der Waals surface area contributed by atoms with Crippen LogP contribution in [0.15, 0.2) is 36.7 Å². The zero-order valence-electron chi connectivity index (χ0n) is 16.9. The van der Waals surface area contributed by atoms with Gasteiger partial charge in [-0.1, -0.05) is 18.2 Å². The fraction of sp³-hybridized carbons (Fsp3) is 0.364. The van der Waals surface area contributed by atoms with Crippen molar-refractivity contribution in [3.63, 3.8) is 0 Å². The van der Waals surface area contributed by atoms with Gasteiger partial charge >= 0.3 is 0 Å². The maximum atomic E-state index is 11.2. The number of nitrogens with two attached hydrogens (primary N) is 1. The van der Waals surface area contributed by atoms with E-state index in [1.807, 2.05) is 22.7 Å². The average Bonchev–Trinajstić information content (AvgIpc) is 3.35. The number of aromatic amines is 1. The topological polar surface area (TPSA) is 114 Å². The summed E-state index contributed by atoms with van der Waals surface area (Å²) in [6, 6.07) is 10.3. The van der Waals surface area contributed by atoms with Crippen LogP contribution in [0.1, 0.15) is 44.3 Å². The third kappa shape index (κ3) is 3.28. The molecule has 8 heteroatoms. The van der Waals surface area contributed by atoms with Crippen LogP contribution in [0.3, 0.4) is 0 Å². The lowest BCUT2D eigenvalue weighted by molar-refractivity contribution is -0.119. The van der Waals surface area contributed by atoms with Gasteiger partial charge in [-0.2, -0.15) is 5.10 Å². The molecule has 8 nitrogen and oxygen atoms in total. The van der Waals surface area contributed by atoms with Crippen LogP contribution >= 0.6 is 0 Å². The molecule has 3 aromatic heterocycles. The van der Waals surface area contributed by atoms with E-state index < -0.39 is 0 Å². The highest BCUT2D eigenvalue weighted by molar-refractivity contribution is 5.91. The van der Waals surface area contributed by atoms with Crippen molar-refractivity contribution in [3.8, 4) is 11.4 Å². The quantitative estimate of drug-likeness (QED) is 0.484. The molecule has 1 aliphatic carbocycles. The lowest BCUT2D eigenvalue weighted by Gasteiger charge is -2.27. The van der Waals surface area contributed by atoms with E-state index in [9.17, 15) is 4.79 Å². The third-order valence-corrected chi connectivity index (χ3v) is 6.12. The molecule has 1 amide bonds. The molecule has 30 heavy (non-hydrogen) atoms. The van der Waals surface area contributed by atoms with Crippen LogP contribution in [0.5, 0.6) is 0 Å². The Labute approximate surface area is 173 Å². The van der Waals surface area contributed by atoms with Gasteiger partial charge in [0.1, 0.15) is 23.4 Å². The number of benzene rings is 1. The minimum Gasteiger partial charge on any atom is -0.382 e. The first-order chi connectivity index (χ1) is 14.6. The van der Waals surface area contributed by atoms with Crippen molar-refractivity contribution in [2.75, 3.05) is 12.3 Å². The van der Waals surface area contributed by atoms with E-state index in [0.717, 1.165) is 65.9 Å². The molecule has 1 aliphatic rings. The number of nitrogens with zero attached hydrogens (tertiary/aromatic N) is 4. The first-order valence-corrected chi connectivity index (χ1v) is 10.4. The first kappa shape index (κ1) is 18.6. The van der Waals surface area contributed by atoms with Gasteiger partial charge in [-0.3, -0.25) is 4.79 Å². The van der Waals surface area contributed by atoms with E-state index in [4.69, 9.17) is 10.7 Å². The van der Waals surface area contributed by atoms with Crippen LogP contribution in [0, 0.1) is 5.92 Å². The molecular formula is C22H25N7O. The number of carbonyl (C=O) groups excluding carboxylic acids is 1. The molecule has 4 N–H and O–H groups in total. The molecule has 5 rings (SSSR count).